The van der Waals surface area contributed by atoms with Gasteiger partial charge in [0.15, 0.2) is 6.10 Å². The Kier molecular flexibility index (Phi) is 5.80. The minimum Gasteiger partial charge on any atom is -0.479 e. The molecule has 2 amide bonds. The van der Waals surface area contributed by atoms with Crippen molar-refractivity contribution >= 4 is 12.0 Å². The predicted molar refractivity (Wildman–Crippen MR) is 64.4 cm³/mol. The summed E-state index contributed by atoms with van der Waals surface area (Å²) in [4.78, 5) is 25.6. The topological polar surface area (TPSA) is 125 Å². The number of carboxylic acids is 1. The summed E-state index contributed by atoms with van der Waals surface area (Å²) in [7, 11) is 0. The zero-order valence-electron chi connectivity index (χ0n) is 10.5. The second-order valence-electron chi connectivity index (χ2n) is 3.83. The van der Waals surface area contributed by atoms with Crippen molar-refractivity contribution in [2.45, 2.75) is 32.4 Å². The lowest BCUT2D eigenvalue weighted by atomic mass is 10.2. The fourth-order valence-corrected chi connectivity index (χ4v) is 1.26. The average Bonchev–Trinajstić information content (AvgIpc) is 2.84. The Balaban J connectivity index is 2.19. The summed E-state index contributed by atoms with van der Waals surface area (Å²) in [5.41, 5.74) is 0. The largest absolute Gasteiger partial charge is 0.479 e. The highest BCUT2D eigenvalue weighted by Gasteiger charge is 2.12. The average molecular weight is 271 g/mol. The van der Waals surface area contributed by atoms with Crippen LogP contribution in [0, 0.1) is 0 Å². The first-order valence-corrected chi connectivity index (χ1v) is 5.89. The number of aliphatic hydroxyl groups is 1. The number of carbonyl (C=O) groups is 2. The van der Waals surface area contributed by atoms with E-state index in [1.165, 1.54) is 0 Å². The minimum absolute atomic E-state index is 0.0538. The summed E-state index contributed by atoms with van der Waals surface area (Å²) in [6.07, 6.45) is 0.797. The second-order valence-corrected chi connectivity index (χ2v) is 3.83. The van der Waals surface area contributed by atoms with E-state index in [9.17, 15) is 9.59 Å². The molecule has 1 aromatic heterocycles. The molecule has 0 aliphatic heterocycles. The molecule has 0 aliphatic rings. The molecule has 1 heterocycles. The molecule has 0 spiro atoms. The van der Waals surface area contributed by atoms with E-state index >= 15 is 0 Å². The number of aromatic nitrogens is 1. The van der Waals surface area contributed by atoms with Gasteiger partial charge in [0.2, 0.25) is 5.89 Å². The lowest BCUT2D eigenvalue weighted by Crippen LogP contribution is -2.37. The molecule has 1 atom stereocenters. The third kappa shape index (κ3) is 5.38. The van der Waals surface area contributed by atoms with Crippen LogP contribution < -0.4 is 10.6 Å². The van der Waals surface area contributed by atoms with Crippen molar-refractivity contribution < 1.29 is 24.2 Å². The van der Waals surface area contributed by atoms with Crippen LogP contribution in [0.1, 0.15) is 25.0 Å². The summed E-state index contributed by atoms with van der Waals surface area (Å²) in [5, 5.41) is 22.3. The van der Waals surface area contributed by atoms with Crippen molar-refractivity contribution in [1.29, 1.82) is 0 Å². The van der Waals surface area contributed by atoms with Gasteiger partial charge in [0.1, 0.15) is 5.76 Å². The molecule has 0 fully saturated rings. The van der Waals surface area contributed by atoms with Crippen LogP contribution in [0.3, 0.4) is 0 Å². The Bertz CT molecular complexity index is 432. The van der Waals surface area contributed by atoms with Crippen molar-refractivity contribution in [3.05, 3.63) is 17.8 Å². The maximum atomic E-state index is 11.3. The van der Waals surface area contributed by atoms with Gasteiger partial charge in [-0.3, -0.25) is 0 Å². The van der Waals surface area contributed by atoms with Crippen LogP contribution in [0.15, 0.2) is 10.6 Å². The highest BCUT2D eigenvalue weighted by molar-refractivity contribution is 5.74. The van der Waals surface area contributed by atoms with Crippen molar-refractivity contribution in [3.8, 4) is 0 Å². The van der Waals surface area contributed by atoms with Gasteiger partial charge in [-0.25, -0.2) is 14.6 Å². The maximum absolute atomic E-state index is 11.3. The maximum Gasteiger partial charge on any atom is 0.332 e. The molecule has 0 aromatic carbocycles. The highest BCUT2D eigenvalue weighted by Crippen LogP contribution is 2.03. The minimum atomic E-state index is -1.47. The number of aryl methyl sites for hydroxylation is 1. The van der Waals surface area contributed by atoms with Crippen LogP contribution in [0.2, 0.25) is 0 Å². The van der Waals surface area contributed by atoms with E-state index in [1.807, 2.05) is 6.92 Å². The molecule has 1 unspecified atom stereocenters. The highest BCUT2D eigenvalue weighted by atomic mass is 16.4. The van der Waals surface area contributed by atoms with Gasteiger partial charge in [0, 0.05) is 19.4 Å². The number of carbonyl (C=O) groups excluding carboxylic acids is 1. The van der Waals surface area contributed by atoms with Gasteiger partial charge in [-0.15, -0.1) is 0 Å². The predicted octanol–water partition coefficient (Wildman–Crippen LogP) is -0.128. The Hall–Kier alpha value is -2.09. The molecule has 19 heavy (non-hydrogen) atoms. The molecular formula is C11H17N3O5. The van der Waals surface area contributed by atoms with Gasteiger partial charge in [-0.1, -0.05) is 6.92 Å². The van der Waals surface area contributed by atoms with Crippen LogP contribution in [0.25, 0.3) is 0 Å². The first-order chi connectivity index (χ1) is 9.02. The fraction of sp³-hybridized carbons (Fsp3) is 0.545. The summed E-state index contributed by atoms with van der Waals surface area (Å²) < 4.78 is 5.29. The number of aliphatic carboxylic acids is 1. The molecule has 0 saturated heterocycles. The first kappa shape index (κ1) is 15.0. The molecule has 0 aliphatic carbocycles. The van der Waals surface area contributed by atoms with E-state index < -0.39 is 18.1 Å². The van der Waals surface area contributed by atoms with E-state index in [0.29, 0.717) is 5.89 Å². The quantitative estimate of drug-likeness (QED) is 0.547. The molecule has 0 bridgehead atoms. The van der Waals surface area contributed by atoms with Gasteiger partial charge >= 0.3 is 12.0 Å². The number of carboxylic acid groups (broad SMARTS) is 1. The summed E-state index contributed by atoms with van der Waals surface area (Å²) in [6, 6.07) is -0.478. The van der Waals surface area contributed by atoms with Crippen LogP contribution >= 0.6 is 0 Å². The van der Waals surface area contributed by atoms with E-state index in [1.54, 1.807) is 6.20 Å². The van der Waals surface area contributed by atoms with Crippen molar-refractivity contribution in [1.82, 2.24) is 15.6 Å². The lowest BCUT2D eigenvalue weighted by Gasteiger charge is -2.07. The number of aliphatic hydroxyl groups excluding tert-OH is 1. The molecule has 8 heteroatoms. The molecule has 8 nitrogen and oxygen atoms in total. The first-order valence-electron chi connectivity index (χ1n) is 5.89. The molecular weight excluding hydrogens is 254 g/mol. The van der Waals surface area contributed by atoms with Crippen LogP contribution in [-0.4, -0.2) is 39.8 Å². The molecule has 4 N–H and O–H groups in total. The number of rotatable bonds is 7. The standard InChI is InChI=1S/C11H17N3O5/c1-2-7-5-13-9(19-7)6-14-11(18)12-4-3-8(15)10(16)17/h5,8,15H,2-4,6H2,1H3,(H,16,17)(H2,12,14,18). The Morgan fingerprint density at radius 3 is 2.79 bits per heavy atom. The zero-order valence-corrected chi connectivity index (χ0v) is 10.5. The Morgan fingerprint density at radius 1 is 1.47 bits per heavy atom. The molecule has 1 rings (SSSR count). The van der Waals surface area contributed by atoms with Crippen LogP contribution in [0.4, 0.5) is 4.79 Å². The lowest BCUT2D eigenvalue weighted by molar-refractivity contribution is -0.146. The van der Waals surface area contributed by atoms with Gasteiger partial charge in [0.05, 0.1) is 12.7 Å². The Labute approximate surface area is 109 Å². The number of amides is 2. The summed E-state index contributed by atoms with van der Waals surface area (Å²) in [5.74, 6) is -0.173. The molecule has 0 radical (unpaired) electrons. The van der Waals surface area contributed by atoms with Gasteiger partial charge in [-0.2, -0.15) is 0 Å². The number of nitrogens with one attached hydrogen (secondary N) is 2. The van der Waals surface area contributed by atoms with E-state index in [-0.39, 0.29) is 19.5 Å². The van der Waals surface area contributed by atoms with Gasteiger partial charge < -0.3 is 25.3 Å². The number of nitrogens with zero attached hydrogens (tertiary/aromatic N) is 1. The fourth-order valence-electron chi connectivity index (χ4n) is 1.26. The zero-order chi connectivity index (χ0) is 14.3. The summed E-state index contributed by atoms with van der Waals surface area (Å²) >= 11 is 0. The third-order valence-electron chi connectivity index (χ3n) is 2.34. The van der Waals surface area contributed by atoms with Crippen molar-refractivity contribution in [2.24, 2.45) is 0 Å². The number of hydrogen-bond donors (Lipinski definition) is 4. The van der Waals surface area contributed by atoms with Crippen LogP contribution in [0.5, 0.6) is 0 Å². The van der Waals surface area contributed by atoms with Gasteiger partial charge in [0.25, 0.3) is 0 Å². The van der Waals surface area contributed by atoms with Crippen LogP contribution in [-0.2, 0) is 17.8 Å². The third-order valence-corrected chi connectivity index (χ3v) is 2.34. The SMILES string of the molecule is CCc1cnc(CNC(=O)NCCC(O)C(=O)O)o1. The van der Waals surface area contributed by atoms with E-state index in [4.69, 9.17) is 14.6 Å². The monoisotopic (exact) mass is 271 g/mol. The number of urea groups is 1. The van der Waals surface area contributed by atoms with Gasteiger partial charge in [-0.05, 0) is 0 Å². The Morgan fingerprint density at radius 2 is 2.21 bits per heavy atom. The normalized spacial score (nSPS) is 11.9. The van der Waals surface area contributed by atoms with E-state index in [0.717, 1.165) is 12.2 Å². The van der Waals surface area contributed by atoms with Crippen molar-refractivity contribution in [3.63, 3.8) is 0 Å². The second kappa shape index (κ2) is 7.37. The number of oxazole rings is 1. The number of hydrogen-bond acceptors (Lipinski definition) is 5. The molecule has 0 saturated carbocycles. The smallest absolute Gasteiger partial charge is 0.332 e. The van der Waals surface area contributed by atoms with E-state index in [2.05, 4.69) is 15.6 Å². The molecule has 106 valence electrons. The molecule has 1 aromatic rings. The van der Waals surface area contributed by atoms with Crippen molar-refractivity contribution in [2.75, 3.05) is 6.54 Å². The summed E-state index contributed by atoms with van der Waals surface area (Å²) in [6.45, 7) is 2.14.